The fourth-order valence-electron chi connectivity index (χ4n) is 2.99. The van der Waals surface area contributed by atoms with Crippen LogP contribution in [0.15, 0.2) is 48.8 Å². The zero-order valence-electron chi connectivity index (χ0n) is 15.6. The van der Waals surface area contributed by atoms with E-state index >= 15 is 0 Å². The Balaban J connectivity index is 1.45. The summed E-state index contributed by atoms with van der Waals surface area (Å²) in [4.78, 5) is 28.2. The molecule has 0 spiro atoms. The van der Waals surface area contributed by atoms with Crippen LogP contribution in [-0.4, -0.2) is 35.7 Å². The van der Waals surface area contributed by atoms with Crippen LogP contribution in [0.2, 0.25) is 0 Å². The molecule has 0 unspecified atom stereocenters. The molecule has 1 aromatic carbocycles. The first-order chi connectivity index (χ1) is 13.6. The fraction of sp³-hybridized carbons (Fsp3) is 0.350. The summed E-state index contributed by atoms with van der Waals surface area (Å²) in [6, 6.07) is 10.7. The molecule has 5 N–H and O–H groups in total. The van der Waals surface area contributed by atoms with E-state index in [4.69, 9.17) is 10.5 Å². The third-order valence-electron chi connectivity index (χ3n) is 4.52. The van der Waals surface area contributed by atoms with Crippen molar-refractivity contribution >= 4 is 17.6 Å². The van der Waals surface area contributed by atoms with Gasteiger partial charge in [0.05, 0.1) is 6.10 Å². The van der Waals surface area contributed by atoms with Crippen molar-refractivity contribution < 1.29 is 14.3 Å². The van der Waals surface area contributed by atoms with Crippen LogP contribution in [0.25, 0.3) is 0 Å². The van der Waals surface area contributed by atoms with Crippen LogP contribution >= 0.6 is 0 Å². The Labute approximate surface area is 163 Å². The van der Waals surface area contributed by atoms with Gasteiger partial charge in [-0.05, 0) is 48.2 Å². The van der Waals surface area contributed by atoms with E-state index in [1.165, 1.54) is 0 Å². The number of carbonyl (C=O) groups is 2. The minimum absolute atomic E-state index is 0.0334. The van der Waals surface area contributed by atoms with E-state index in [0.717, 1.165) is 17.5 Å². The van der Waals surface area contributed by atoms with Gasteiger partial charge in [-0.25, -0.2) is 4.79 Å². The van der Waals surface area contributed by atoms with Crippen molar-refractivity contribution in [3.05, 3.63) is 59.9 Å². The van der Waals surface area contributed by atoms with E-state index in [2.05, 4.69) is 20.9 Å². The Morgan fingerprint density at radius 2 is 1.86 bits per heavy atom. The molecule has 28 heavy (non-hydrogen) atoms. The second kappa shape index (κ2) is 9.82. The molecule has 8 heteroatoms. The highest BCUT2D eigenvalue weighted by Crippen LogP contribution is 2.19. The van der Waals surface area contributed by atoms with Crippen LogP contribution in [0.4, 0.5) is 10.5 Å². The highest BCUT2D eigenvalue weighted by Gasteiger charge is 2.29. The Morgan fingerprint density at radius 1 is 1.07 bits per heavy atom. The first kappa shape index (κ1) is 19.8. The molecule has 1 aromatic heterocycles. The predicted octanol–water partition coefficient (Wildman–Crippen LogP) is 1.53. The molecule has 0 bridgehead atoms. The monoisotopic (exact) mass is 383 g/mol. The summed E-state index contributed by atoms with van der Waals surface area (Å²) in [5.74, 6) is -0.135. The highest BCUT2D eigenvalue weighted by molar-refractivity contribution is 5.89. The van der Waals surface area contributed by atoms with Crippen molar-refractivity contribution in [3.63, 3.8) is 0 Å². The number of amides is 3. The van der Waals surface area contributed by atoms with Gasteiger partial charge >= 0.3 is 6.03 Å². The summed E-state index contributed by atoms with van der Waals surface area (Å²) < 4.78 is 5.59. The second-order valence-electron chi connectivity index (χ2n) is 6.64. The van der Waals surface area contributed by atoms with Gasteiger partial charge in [-0.2, -0.15) is 0 Å². The molecular formula is C20H25N5O3. The quantitative estimate of drug-likeness (QED) is 0.578. The summed E-state index contributed by atoms with van der Waals surface area (Å²) in [6.45, 7) is 1.20. The average Bonchev–Trinajstić information content (AvgIpc) is 3.21. The normalized spacial score (nSPS) is 18.5. The summed E-state index contributed by atoms with van der Waals surface area (Å²) in [5, 5.41) is 8.46. The molecule has 2 aromatic rings. The standard InChI is InChI=1S/C20H25N5O3/c21-11-17-4-5-18(28-17)19(26)23-13-15-2-1-3-16(10-15)25-20(27)24-12-14-6-8-22-9-7-14/h1-3,6-10,17-18H,4-5,11-13,21H2,(H,23,26)(H2,24,25,27)/t17-,18+/m1/s1. The van der Waals surface area contributed by atoms with Gasteiger partial charge in [0.25, 0.3) is 0 Å². The molecule has 1 saturated heterocycles. The first-order valence-corrected chi connectivity index (χ1v) is 9.30. The van der Waals surface area contributed by atoms with Gasteiger partial charge < -0.3 is 26.4 Å². The Bertz CT molecular complexity index is 799. The van der Waals surface area contributed by atoms with Crippen molar-refractivity contribution in [2.75, 3.05) is 11.9 Å². The number of carbonyl (C=O) groups excluding carboxylic acids is 2. The molecule has 0 aliphatic carbocycles. The van der Waals surface area contributed by atoms with E-state index in [1.807, 2.05) is 30.3 Å². The first-order valence-electron chi connectivity index (χ1n) is 9.30. The fourth-order valence-corrected chi connectivity index (χ4v) is 2.99. The average molecular weight is 383 g/mol. The zero-order valence-corrected chi connectivity index (χ0v) is 15.6. The number of pyridine rings is 1. The van der Waals surface area contributed by atoms with Crippen molar-refractivity contribution in [2.24, 2.45) is 5.73 Å². The minimum atomic E-state index is -0.436. The number of benzene rings is 1. The number of rotatable bonds is 7. The lowest BCUT2D eigenvalue weighted by Crippen LogP contribution is -2.35. The van der Waals surface area contributed by atoms with Crippen LogP contribution in [0.1, 0.15) is 24.0 Å². The van der Waals surface area contributed by atoms with Gasteiger partial charge in [-0.3, -0.25) is 9.78 Å². The number of nitrogens with two attached hydrogens (primary N) is 1. The SMILES string of the molecule is NC[C@H]1CC[C@@H](C(=O)NCc2cccc(NC(=O)NCc3ccncc3)c2)O1. The van der Waals surface area contributed by atoms with Crippen molar-refractivity contribution in [3.8, 4) is 0 Å². The predicted molar refractivity (Wildman–Crippen MR) is 105 cm³/mol. The van der Waals surface area contributed by atoms with E-state index in [1.54, 1.807) is 18.5 Å². The van der Waals surface area contributed by atoms with Gasteiger partial charge in [0.1, 0.15) is 6.10 Å². The number of nitrogens with one attached hydrogen (secondary N) is 3. The lowest BCUT2D eigenvalue weighted by atomic mass is 10.1. The topological polar surface area (TPSA) is 118 Å². The molecule has 1 aliphatic rings. The third-order valence-corrected chi connectivity index (χ3v) is 4.52. The molecule has 0 saturated carbocycles. The largest absolute Gasteiger partial charge is 0.364 e. The molecule has 148 valence electrons. The second-order valence-corrected chi connectivity index (χ2v) is 6.64. The van der Waals surface area contributed by atoms with Crippen LogP contribution in [0, 0.1) is 0 Å². The van der Waals surface area contributed by atoms with Gasteiger partial charge in [0, 0.05) is 37.7 Å². The van der Waals surface area contributed by atoms with Crippen LogP contribution in [0.5, 0.6) is 0 Å². The lowest BCUT2D eigenvalue weighted by molar-refractivity contribution is -0.132. The molecule has 0 radical (unpaired) electrons. The van der Waals surface area contributed by atoms with E-state index in [-0.39, 0.29) is 18.0 Å². The maximum Gasteiger partial charge on any atom is 0.319 e. The van der Waals surface area contributed by atoms with Crippen molar-refractivity contribution in [1.29, 1.82) is 0 Å². The number of anilines is 1. The molecule has 1 aliphatic heterocycles. The molecule has 8 nitrogen and oxygen atoms in total. The highest BCUT2D eigenvalue weighted by atomic mass is 16.5. The summed E-state index contributed by atoms with van der Waals surface area (Å²) in [6.07, 6.45) is 4.39. The molecule has 2 atom stereocenters. The Kier molecular flexibility index (Phi) is 6.94. The Hall–Kier alpha value is -2.97. The third kappa shape index (κ3) is 5.77. The molecule has 3 amide bonds. The number of hydrogen-bond donors (Lipinski definition) is 4. The van der Waals surface area contributed by atoms with E-state index in [9.17, 15) is 9.59 Å². The molecule has 2 heterocycles. The minimum Gasteiger partial charge on any atom is -0.364 e. The maximum atomic E-state index is 12.2. The maximum absolute atomic E-state index is 12.2. The number of hydrogen-bond acceptors (Lipinski definition) is 5. The smallest absolute Gasteiger partial charge is 0.319 e. The molecule has 1 fully saturated rings. The molecule has 3 rings (SSSR count). The van der Waals surface area contributed by atoms with Gasteiger partial charge in [0.15, 0.2) is 0 Å². The van der Waals surface area contributed by atoms with Crippen LogP contribution < -0.4 is 21.7 Å². The van der Waals surface area contributed by atoms with Gasteiger partial charge in [-0.15, -0.1) is 0 Å². The number of aromatic nitrogens is 1. The van der Waals surface area contributed by atoms with E-state index < -0.39 is 6.10 Å². The van der Waals surface area contributed by atoms with Crippen LogP contribution in [0.3, 0.4) is 0 Å². The van der Waals surface area contributed by atoms with Gasteiger partial charge in [-0.1, -0.05) is 12.1 Å². The summed E-state index contributed by atoms with van der Waals surface area (Å²) in [5.41, 5.74) is 8.07. The van der Waals surface area contributed by atoms with Crippen molar-refractivity contribution in [2.45, 2.75) is 38.1 Å². The van der Waals surface area contributed by atoms with Crippen LogP contribution in [-0.2, 0) is 22.6 Å². The van der Waals surface area contributed by atoms with Gasteiger partial charge in [0.2, 0.25) is 5.91 Å². The summed E-state index contributed by atoms with van der Waals surface area (Å²) >= 11 is 0. The number of urea groups is 1. The molecular weight excluding hydrogens is 358 g/mol. The van der Waals surface area contributed by atoms with Crippen molar-refractivity contribution in [1.82, 2.24) is 15.6 Å². The number of ether oxygens (including phenoxy) is 1. The van der Waals surface area contributed by atoms with E-state index in [0.29, 0.717) is 31.7 Å². The zero-order chi connectivity index (χ0) is 19.8. The lowest BCUT2D eigenvalue weighted by Gasteiger charge is -2.13. The number of nitrogens with zero attached hydrogens (tertiary/aromatic N) is 1. The Morgan fingerprint density at radius 3 is 2.61 bits per heavy atom. The summed E-state index contributed by atoms with van der Waals surface area (Å²) in [7, 11) is 0.